The predicted octanol–water partition coefficient (Wildman–Crippen LogP) is -4.84. The molecule has 2 aliphatic heterocycles. The minimum atomic E-state index is -5.04. The van der Waals surface area contributed by atoms with Crippen LogP contribution < -0.4 is 35.0 Å². The van der Waals surface area contributed by atoms with Crippen LogP contribution in [0.2, 0.25) is 0 Å². The molecule has 2 atom stereocenters. The van der Waals surface area contributed by atoms with Gasteiger partial charge in [0.2, 0.25) is 10.4 Å². The molecule has 12 heteroatoms. The fraction of sp³-hybridized carbons (Fsp3) is 0.714. The Balaban J connectivity index is 0.00000180. The molecular formula is C7H10N3NaO7S. The zero-order valence-corrected chi connectivity index (χ0v) is 12.8. The molecule has 2 bridgehead atoms. The van der Waals surface area contributed by atoms with Gasteiger partial charge in [0.15, 0.2) is 0 Å². The van der Waals surface area contributed by atoms with E-state index in [0.717, 1.165) is 4.90 Å². The fourth-order valence-electron chi connectivity index (χ4n) is 2.18. The van der Waals surface area contributed by atoms with E-state index in [2.05, 4.69) is 4.28 Å². The van der Waals surface area contributed by atoms with Gasteiger partial charge in [-0.15, -0.1) is 0 Å². The predicted molar refractivity (Wildman–Crippen MR) is 51.5 cm³/mol. The van der Waals surface area contributed by atoms with Crippen LogP contribution in [0.25, 0.3) is 0 Å². The maximum atomic E-state index is 11.8. The molecule has 10 nitrogen and oxygen atoms in total. The van der Waals surface area contributed by atoms with Gasteiger partial charge >= 0.3 is 35.6 Å². The molecule has 0 aromatic carbocycles. The number of hydrogen-bond donors (Lipinski definition) is 2. The molecular weight excluding hydrogens is 293 g/mol. The largest absolute Gasteiger partial charge is 1.00 e. The summed E-state index contributed by atoms with van der Waals surface area (Å²) in [5, 5.41) is 8.99. The molecule has 2 fully saturated rings. The topological polar surface area (TPSA) is 139 Å². The standard InChI is InChI=1S/C7H11N3O7S.Na/c11-6(8-13)5-2-1-4-3-9(5)7(12)10(4)17-18(14,15)16;/h4-5,13H,1-3H2,(H,8,11)(H,14,15,16);/q;+1/p-1/t4-,5+;/m1./s1. The number of hydroxylamine groups is 3. The Kier molecular flexibility index (Phi) is 5.17. The van der Waals surface area contributed by atoms with Gasteiger partial charge in [-0.05, 0) is 12.8 Å². The van der Waals surface area contributed by atoms with Crippen molar-refractivity contribution in [2.24, 2.45) is 0 Å². The van der Waals surface area contributed by atoms with Crippen LogP contribution in [0.15, 0.2) is 0 Å². The molecule has 0 aromatic rings. The molecule has 102 valence electrons. The van der Waals surface area contributed by atoms with E-state index < -0.39 is 34.4 Å². The van der Waals surface area contributed by atoms with Gasteiger partial charge in [0.05, 0.1) is 6.04 Å². The average Bonchev–Trinajstić information content (AvgIpc) is 2.52. The van der Waals surface area contributed by atoms with Crippen LogP contribution in [0.4, 0.5) is 4.79 Å². The smallest absolute Gasteiger partial charge is 0.724 e. The zero-order chi connectivity index (χ0) is 13.5. The molecule has 0 saturated carbocycles. The minimum Gasteiger partial charge on any atom is -0.724 e. The van der Waals surface area contributed by atoms with Crippen LogP contribution in [0.5, 0.6) is 0 Å². The first-order chi connectivity index (χ1) is 8.33. The Morgan fingerprint density at radius 1 is 1.47 bits per heavy atom. The number of rotatable bonds is 3. The zero-order valence-electron chi connectivity index (χ0n) is 9.98. The Morgan fingerprint density at radius 3 is 2.63 bits per heavy atom. The van der Waals surface area contributed by atoms with Crippen molar-refractivity contribution in [3.05, 3.63) is 0 Å². The van der Waals surface area contributed by atoms with Crippen molar-refractivity contribution < 1.29 is 61.6 Å². The van der Waals surface area contributed by atoms with E-state index in [1.54, 1.807) is 0 Å². The van der Waals surface area contributed by atoms with E-state index in [9.17, 15) is 22.6 Å². The third-order valence-electron chi connectivity index (χ3n) is 2.91. The van der Waals surface area contributed by atoms with Gasteiger partial charge in [0.25, 0.3) is 5.91 Å². The summed E-state index contributed by atoms with van der Waals surface area (Å²) in [4.78, 5) is 24.1. The first kappa shape index (κ1) is 16.6. The molecule has 0 radical (unpaired) electrons. The minimum absolute atomic E-state index is 0. The molecule has 2 aliphatic rings. The summed E-state index contributed by atoms with van der Waals surface area (Å²) in [6.07, 6.45) is 0.525. The van der Waals surface area contributed by atoms with Crippen LogP contribution in [-0.2, 0) is 19.5 Å². The number of urea groups is 1. The van der Waals surface area contributed by atoms with Gasteiger partial charge in [-0.2, -0.15) is 9.35 Å². The first-order valence-corrected chi connectivity index (χ1v) is 6.36. The Morgan fingerprint density at radius 2 is 2.11 bits per heavy atom. The van der Waals surface area contributed by atoms with E-state index in [1.165, 1.54) is 5.48 Å². The van der Waals surface area contributed by atoms with E-state index in [-0.39, 0.29) is 48.9 Å². The molecule has 2 N–H and O–H groups in total. The number of carbonyl (C=O) groups excluding carboxylic acids is 2. The molecule has 2 heterocycles. The number of nitrogens with zero attached hydrogens (tertiary/aromatic N) is 2. The normalized spacial score (nSPS) is 26.1. The maximum Gasteiger partial charge on any atom is 1.00 e. The third-order valence-corrected chi connectivity index (χ3v) is 3.25. The number of amides is 3. The second-order valence-electron chi connectivity index (χ2n) is 3.97. The number of hydrogen-bond acceptors (Lipinski definition) is 7. The van der Waals surface area contributed by atoms with Crippen molar-refractivity contribution in [3.63, 3.8) is 0 Å². The maximum absolute atomic E-state index is 11.8. The summed E-state index contributed by atoms with van der Waals surface area (Å²) in [6.45, 7) is 0.0619. The molecule has 0 aromatic heterocycles. The van der Waals surface area contributed by atoms with Crippen molar-refractivity contribution in [1.29, 1.82) is 0 Å². The summed E-state index contributed by atoms with van der Waals surface area (Å²) < 4.78 is 35.5. The summed E-state index contributed by atoms with van der Waals surface area (Å²) in [5.74, 6) is -0.770. The third kappa shape index (κ3) is 3.37. The van der Waals surface area contributed by atoms with Gasteiger partial charge in [0.1, 0.15) is 6.04 Å². The molecule has 2 saturated heterocycles. The van der Waals surface area contributed by atoms with Gasteiger partial charge < -0.3 is 9.45 Å². The van der Waals surface area contributed by atoms with Crippen molar-refractivity contribution in [2.45, 2.75) is 24.9 Å². The number of fused-ring (bicyclic) bond motifs is 2. The Bertz CT molecular complexity index is 483. The van der Waals surface area contributed by atoms with Crippen molar-refractivity contribution in [2.75, 3.05) is 6.54 Å². The summed E-state index contributed by atoms with van der Waals surface area (Å²) in [5.41, 5.74) is 1.43. The van der Waals surface area contributed by atoms with Crippen molar-refractivity contribution in [1.82, 2.24) is 15.4 Å². The monoisotopic (exact) mass is 303 g/mol. The van der Waals surface area contributed by atoms with Crippen LogP contribution in [0, 0.1) is 0 Å². The summed E-state index contributed by atoms with van der Waals surface area (Å²) >= 11 is 0. The first-order valence-electron chi connectivity index (χ1n) is 5.02. The average molecular weight is 303 g/mol. The number of piperidine rings is 1. The van der Waals surface area contributed by atoms with Crippen LogP contribution >= 0.6 is 0 Å². The second kappa shape index (κ2) is 5.91. The van der Waals surface area contributed by atoms with Gasteiger partial charge in [-0.25, -0.2) is 18.7 Å². The quantitative estimate of drug-likeness (QED) is 0.175. The molecule has 0 spiro atoms. The Labute approximate surface area is 130 Å². The molecule has 2 rings (SSSR count). The number of nitrogens with one attached hydrogen (secondary N) is 1. The molecule has 0 unspecified atom stereocenters. The van der Waals surface area contributed by atoms with Gasteiger partial charge in [-0.3, -0.25) is 10.0 Å². The second-order valence-corrected chi connectivity index (χ2v) is 4.93. The molecule has 3 amide bonds. The molecule has 19 heavy (non-hydrogen) atoms. The van der Waals surface area contributed by atoms with Crippen LogP contribution in [-0.4, -0.2) is 58.7 Å². The SMILES string of the molecule is O=C(NO)[C@@H]1CC[C@@H]2CN1C(=O)N2OS(=O)(=O)[O-].[Na+]. The van der Waals surface area contributed by atoms with E-state index >= 15 is 0 Å². The van der Waals surface area contributed by atoms with Gasteiger partial charge in [0, 0.05) is 6.54 Å². The molecule has 0 aliphatic carbocycles. The van der Waals surface area contributed by atoms with Crippen LogP contribution in [0.1, 0.15) is 12.8 Å². The van der Waals surface area contributed by atoms with E-state index in [4.69, 9.17) is 5.21 Å². The van der Waals surface area contributed by atoms with Crippen molar-refractivity contribution >= 4 is 22.3 Å². The summed E-state index contributed by atoms with van der Waals surface area (Å²) in [7, 11) is -5.04. The van der Waals surface area contributed by atoms with Crippen LogP contribution in [0.3, 0.4) is 0 Å². The summed E-state index contributed by atoms with van der Waals surface area (Å²) in [6, 6.07) is -2.38. The van der Waals surface area contributed by atoms with Gasteiger partial charge in [-0.1, -0.05) is 0 Å². The van der Waals surface area contributed by atoms with E-state index in [1.807, 2.05) is 0 Å². The van der Waals surface area contributed by atoms with Crippen molar-refractivity contribution in [3.8, 4) is 0 Å². The fourth-order valence-corrected chi connectivity index (χ4v) is 2.56. The Hall–Kier alpha value is -0.430. The van der Waals surface area contributed by atoms with E-state index in [0.29, 0.717) is 5.06 Å². The number of carbonyl (C=O) groups is 2.